The van der Waals surface area contributed by atoms with Crippen molar-refractivity contribution in [3.8, 4) is 0 Å². The molecule has 5 heteroatoms. The Labute approximate surface area is 140 Å². The van der Waals surface area contributed by atoms with Gasteiger partial charge in [0.05, 0.1) is 4.91 Å². The lowest BCUT2D eigenvalue weighted by molar-refractivity contribution is -0.122. The molecule has 0 aliphatic carbocycles. The lowest BCUT2D eigenvalue weighted by Gasteiger charge is -2.13. The second-order valence-corrected chi connectivity index (χ2v) is 7.06. The second kappa shape index (κ2) is 7.97. The molecule has 0 saturated carbocycles. The molecule has 1 amide bonds. The van der Waals surface area contributed by atoms with E-state index in [-0.39, 0.29) is 5.91 Å². The highest BCUT2D eigenvalue weighted by atomic mass is 35.5. The number of amides is 1. The molecule has 0 spiro atoms. The quantitative estimate of drug-likeness (QED) is 0.407. The molecule has 0 N–H and O–H groups in total. The van der Waals surface area contributed by atoms with Gasteiger partial charge in [-0.1, -0.05) is 73.9 Å². The minimum absolute atomic E-state index is 0.0245. The van der Waals surface area contributed by atoms with Crippen molar-refractivity contribution in [2.75, 3.05) is 6.54 Å². The van der Waals surface area contributed by atoms with Crippen molar-refractivity contribution in [3.63, 3.8) is 0 Å². The minimum Gasteiger partial charge on any atom is -0.293 e. The van der Waals surface area contributed by atoms with Gasteiger partial charge in [0.15, 0.2) is 0 Å². The molecule has 1 aliphatic heterocycles. The first-order valence-corrected chi connectivity index (χ1v) is 8.73. The lowest BCUT2D eigenvalue weighted by atomic mass is 10.2. The summed E-state index contributed by atoms with van der Waals surface area (Å²) in [6.07, 6.45) is 6.42. The highest BCUT2D eigenvalue weighted by Gasteiger charge is 2.31. The summed E-state index contributed by atoms with van der Waals surface area (Å²) in [5, 5.41) is 0.690. The third-order valence-corrected chi connectivity index (χ3v) is 4.91. The molecule has 1 heterocycles. The van der Waals surface area contributed by atoms with E-state index < -0.39 is 0 Å². The largest absolute Gasteiger partial charge is 0.293 e. The number of thioether (sulfide) groups is 1. The van der Waals surface area contributed by atoms with E-state index in [2.05, 4.69) is 6.92 Å². The number of halogens is 1. The number of hydrogen-bond donors (Lipinski definition) is 0. The Morgan fingerprint density at radius 1 is 1.24 bits per heavy atom. The maximum atomic E-state index is 12.4. The fourth-order valence-electron chi connectivity index (χ4n) is 2.10. The summed E-state index contributed by atoms with van der Waals surface area (Å²) in [6.45, 7) is 2.90. The number of unbranched alkanes of at least 4 members (excludes halogenated alkanes) is 3. The van der Waals surface area contributed by atoms with Gasteiger partial charge in [0.25, 0.3) is 5.91 Å². The highest BCUT2D eigenvalue weighted by molar-refractivity contribution is 8.26. The van der Waals surface area contributed by atoms with Crippen LogP contribution >= 0.6 is 35.6 Å². The first-order chi connectivity index (χ1) is 10.1. The molecule has 0 atom stereocenters. The van der Waals surface area contributed by atoms with E-state index in [4.69, 9.17) is 23.8 Å². The zero-order chi connectivity index (χ0) is 15.2. The van der Waals surface area contributed by atoms with Crippen LogP contribution in [0.1, 0.15) is 38.2 Å². The predicted molar refractivity (Wildman–Crippen MR) is 95.5 cm³/mol. The zero-order valence-electron chi connectivity index (χ0n) is 12.0. The van der Waals surface area contributed by atoms with Crippen LogP contribution in [0.4, 0.5) is 0 Å². The fourth-order valence-corrected chi connectivity index (χ4v) is 3.53. The van der Waals surface area contributed by atoms with E-state index in [9.17, 15) is 4.79 Å². The normalized spacial score (nSPS) is 17.0. The van der Waals surface area contributed by atoms with Crippen molar-refractivity contribution in [2.45, 2.75) is 32.6 Å². The first kappa shape index (κ1) is 16.5. The Hall–Kier alpha value is -0.840. The van der Waals surface area contributed by atoms with Crippen molar-refractivity contribution in [3.05, 3.63) is 39.8 Å². The molecule has 1 aliphatic rings. The van der Waals surface area contributed by atoms with E-state index in [1.165, 1.54) is 24.6 Å². The molecule has 2 rings (SSSR count). The number of hydrogen-bond acceptors (Lipinski definition) is 3. The maximum Gasteiger partial charge on any atom is 0.266 e. The molecule has 0 bridgehead atoms. The van der Waals surface area contributed by atoms with Crippen LogP contribution in [-0.2, 0) is 4.79 Å². The number of carbonyl (C=O) groups is 1. The van der Waals surface area contributed by atoms with Gasteiger partial charge in [-0.25, -0.2) is 0 Å². The molecular formula is C16H18ClNOS2. The summed E-state index contributed by atoms with van der Waals surface area (Å²) in [5.41, 5.74) is 0.964. The van der Waals surface area contributed by atoms with Crippen LogP contribution in [-0.4, -0.2) is 21.7 Å². The Morgan fingerprint density at radius 2 is 1.95 bits per heavy atom. The third-order valence-electron chi connectivity index (χ3n) is 3.28. The number of carbonyl (C=O) groups excluding carboxylic acids is 1. The Morgan fingerprint density at radius 3 is 2.62 bits per heavy atom. The first-order valence-electron chi connectivity index (χ1n) is 7.12. The van der Waals surface area contributed by atoms with Crippen molar-refractivity contribution < 1.29 is 4.79 Å². The van der Waals surface area contributed by atoms with Crippen molar-refractivity contribution in [1.29, 1.82) is 0 Å². The Balaban J connectivity index is 2.01. The van der Waals surface area contributed by atoms with Crippen LogP contribution in [0.5, 0.6) is 0 Å². The van der Waals surface area contributed by atoms with Gasteiger partial charge in [-0.2, -0.15) is 0 Å². The van der Waals surface area contributed by atoms with Crippen molar-refractivity contribution >= 4 is 51.9 Å². The zero-order valence-corrected chi connectivity index (χ0v) is 14.4. The molecule has 112 valence electrons. The van der Waals surface area contributed by atoms with Gasteiger partial charge in [-0.3, -0.25) is 9.69 Å². The smallest absolute Gasteiger partial charge is 0.266 e. The maximum absolute atomic E-state index is 12.4. The molecule has 0 aromatic heterocycles. The summed E-state index contributed by atoms with van der Waals surface area (Å²) >= 11 is 12.6. The van der Waals surface area contributed by atoms with Crippen LogP contribution in [0.15, 0.2) is 29.2 Å². The van der Waals surface area contributed by atoms with Gasteiger partial charge < -0.3 is 0 Å². The van der Waals surface area contributed by atoms with E-state index in [1.54, 1.807) is 4.90 Å². The van der Waals surface area contributed by atoms with E-state index in [1.807, 2.05) is 30.3 Å². The molecule has 0 radical (unpaired) electrons. The summed E-state index contributed by atoms with van der Waals surface area (Å²) in [5.74, 6) is 0.0245. The van der Waals surface area contributed by atoms with Gasteiger partial charge >= 0.3 is 0 Å². The monoisotopic (exact) mass is 339 g/mol. The highest BCUT2D eigenvalue weighted by Crippen LogP contribution is 2.32. The van der Waals surface area contributed by atoms with Gasteiger partial charge in [-0.05, 0) is 30.2 Å². The SMILES string of the molecule is CCCCCCN1C(=O)C(=Cc2ccc(Cl)cc2)SC1=S. The van der Waals surface area contributed by atoms with Gasteiger partial charge in [0, 0.05) is 11.6 Å². The van der Waals surface area contributed by atoms with Crippen molar-refractivity contribution in [1.82, 2.24) is 4.90 Å². The topological polar surface area (TPSA) is 20.3 Å². The number of benzene rings is 1. The molecule has 0 unspecified atom stereocenters. The number of thiocarbonyl (C=S) groups is 1. The summed E-state index contributed by atoms with van der Waals surface area (Å²) in [4.78, 5) is 14.8. The van der Waals surface area contributed by atoms with E-state index >= 15 is 0 Å². The molecular weight excluding hydrogens is 322 g/mol. The lowest BCUT2D eigenvalue weighted by Crippen LogP contribution is -2.28. The standard InChI is InChI=1S/C16H18ClNOS2/c1-2-3-4-5-10-18-15(19)14(21-16(18)20)11-12-6-8-13(17)9-7-12/h6-9,11H,2-5,10H2,1H3. The third kappa shape index (κ3) is 4.56. The molecule has 21 heavy (non-hydrogen) atoms. The molecule has 1 saturated heterocycles. The Bertz CT molecular complexity index is 554. The average Bonchev–Trinajstić information content (AvgIpc) is 2.73. The van der Waals surface area contributed by atoms with Gasteiger partial charge in [-0.15, -0.1) is 0 Å². The molecule has 1 aromatic carbocycles. The summed E-state index contributed by atoms with van der Waals surface area (Å²) < 4.78 is 0.664. The number of nitrogens with zero attached hydrogens (tertiary/aromatic N) is 1. The van der Waals surface area contributed by atoms with E-state index in [0.717, 1.165) is 24.9 Å². The van der Waals surface area contributed by atoms with Gasteiger partial charge in [0.2, 0.25) is 0 Å². The minimum atomic E-state index is 0.0245. The second-order valence-electron chi connectivity index (χ2n) is 4.95. The van der Waals surface area contributed by atoms with Crippen LogP contribution in [0, 0.1) is 0 Å². The summed E-state index contributed by atoms with van der Waals surface area (Å²) in [7, 11) is 0. The predicted octanol–water partition coefficient (Wildman–Crippen LogP) is 5.12. The van der Waals surface area contributed by atoms with Crippen LogP contribution in [0.2, 0.25) is 5.02 Å². The molecule has 2 nitrogen and oxygen atoms in total. The molecule has 1 aromatic rings. The van der Waals surface area contributed by atoms with Crippen LogP contribution in [0.25, 0.3) is 6.08 Å². The van der Waals surface area contributed by atoms with E-state index in [0.29, 0.717) is 14.2 Å². The Kier molecular flexibility index (Phi) is 6.27. The van der Waals surface area contributed by atoms with Crippen LogP contribution < -0.4 is 0 Å². The van der Waals surface area contributed by atoms with Crippen molar-refractivity contribution in [2.24, 2.45) is 0 Å². The van der Waals surface area contributed by atoms with Gasteiger partial charge in [0.1, 0.15) is 4.32 Å². The fraction of sp³-hybridized carbons (Fsp3) is 0.375. The molecule has 1 fully saturated rings. The van der Waals surface area contributed by atoms with Crippen LogP contribution in [0.3, 0.4) is 0 Å². The average molecular weight is 340 g/mol. The summed E-state index contributed by atoms with van der Waals surface area (Å²) in [6, 6.07) is 7.43. The number of rotatable bonds is 6.